The molecular weight excluding hydrogens is 616 g/mol. The van der Waals surface area contributed by atoms with Crippen LogP contribution in [0.2, 0.25) is 0 Å². The molecule has 0 aromatic carbocycles. The fraction of sp³-hybridized carbons (Fsp3) is 1.00. The van der Waals surface area contributed by atoms with Crippen molar-refractivity contribution in [2.45, 2.75) is 72.0 Å². The fourth-order valence-corrected chi connectivity index (χ4v) is 1.94. The largest absolute Gasteiger partial charge is 0.385 e. The maximum Gasteiger partial charge on any atom is 0.385 e. The third-order valence-electron chi connectivity index (χ3n) is 4.23. The van der Waals surface area contributed by atoms with Crippen molar-refractivity contribution in [3.63, 3.8) is 0 Å². The van der Waals surface area contributed by atoms with E-state index in [0.717, 1.165) is 0 Å². The van der Waals surface area contributed by atoms with Gasteiger partial charge >= 0.3 is 72.0 Å². The molecule has 0 aromatic rings. The van der Waals surface area contributed by atoms with Crippen molar-refractivity contribution < 1.29 is 110 Å². The monoisotopic (exact) mass is 618 g/mol. The Labute approximate surface area is 184 Å². The highest BCUT2D eigenvalue weighted by molar-refractivity contribution is 5.18. The lowest BCUT2D eigenvalue weighted by molar-refractivity contribution is -0.477. The smallest absolute Gasteiger partial charge is 0.205 e. The van der Waals surface area contributed by atoms with Crippen molar-refractivity contribution in [1.29, 1.82) is 0 Å². The molecule has 0 rings (SSSR count). The normalized spacial score (nSPS) is 17.4. The summed E-state index contributed by atoms with van der Waals surface area (Å²) < 4.78 is 310. The lowest BCUT2D eigenvalue weighted by Crippen LogP contribution is -2.77. The van der Waals surface area contributed by atoms with Gasteiger partial charge in [-0.05, 0) is 4.53 Å². The van der Waals surface area contributed by atoms with Gasteiger partial charge in [0.2, 0.25) is 0 Å². The van der Waals surface area contributed by atoms with Gasteiger partial charge in [-0.25, -0.2) is 13.2 Å². The minimum Gasteiger partial charge on any atom is -0.205 e. The molecule has 1 atom stereocenters. The second kappa shape index (κ2) is 8.91. The van der Waals surface area contributed by atoms with Gasteiger partial charge in [-0.2, -0.15) is 87.8 Å². The van der Waals surface area contributed by atoms with Crippen molar-refractivity contribution >= 4 is 0 Å². The highest BCUT2D eigenvalue weighted by Gasteiger charge is 2.98. The maximum atomic E-state index is 13.4. The second-order valence-electron chi connectivity index (χ2n) is 6.55. The zero-order chi connectivity index (χ0) is 30.9. The minimum absolute atomic E-state index is 1.20. The molecule has 0 spiro atoms. The molecule has 0 saturated heterocycles. The average molecular weight is 618 g/mol. The quantitative estimate of drug-likeness (QED) is 0.203. The summed E-state index contributed by atoms with van der Waals surface area (Å²) in [5, 5.41) is 0. The van der Waals surface area contributed by atoms with E-state index in [1.54, 1.807) is 0 Å². The molecule has 0 aromatic heterocycles. The van der Waals surface area contributed by atoms with Crippen LogP contribution in [-0.4, -0.2) is 72.0 Å². The second-order valence-corrected chi connectivity index (χ2v) is 6.55. The number of alkyl halides is 23. The molecule has 25 heteroatoms. The molecule has 37 heavy (non-hydrogen) atoms. The molecule has 0 N–H and O–H groups in total. The number of halogens is 24. The van der Waals surface area contributed by atoms with Gasteiger partial charge in [-0.15, -0.1) is 4.94 Å². The first-order valence-electron chi connectivity index (χ1n) is 7.65. The van der Waals surface area contributed by atoms with Gasteiger partial charge in [0.1, 0.15) is 0 Å². The van der Waals surface area contributed by atoms with Crippen molar-refractivity contribution in [2.75, 3.05) is 0 Å². The van der Waals surface area contributed by atoms with Crippen LogP contribution in [-0.2, 0) is 4.94 Å². The Bertz CT molecular complexity index is 811. The molecule has 0 amide bonds. The van der Waals surface area contributed by atoms with E-state index in [1.807, 2.05) is 0 Å². The first-order valence-corrected chi connectivity index (χ1v) is 7.65. The molecule has 1 nitrogen and oxygen atoms in total. The summed E-state index contributed by atoms with van der Waals surface area (Å²) in [5.74, 6) is -88.6. The Morgan fingerprint density at radius 2 is 0.514 bits per heavy atom. The predicted octanol–water partition coefficient (Wildman–Crippen LogP) is 7.80. The van der Waals surface area contributed by atoms with Crippen LogP contribution in [0, 0.1) is 0 Å². The standard InChI is InChI=1S/C12H2F24O/c13-1(14)3(16,17)5(20,21)7(24,25)9(28,29)11(32,33)12(34,35)10(30,31)8(26,27)6(22,23)4(18,19)2(15)37-36/h1-2H. The van der Waals surface area contributed by atoms with E-state index in [4.69, 9.17) is 0 Å². The Hall–Kier alpha value is -1.72. The highest BCUT2D eigenvalue weighted by atomic mass is 19.4. The zero-order valence-corrected chi connectivity index (χ0v) is 15.6. The van der Waals surface area contributed by atoms with E-state index in [0.29, 0.717) is 0 Å². The van der Waals surface area contributed by atoms with Crippen molar-refractivity contribution in [2.24, 2.45) is 0 Å². The van der Waals surface area contributed by atoms with Gasteiger partial charge in [0.25, 0.3) is 0 Å². The summed E-state index contributed by atoms with van der Waals surface area (Å²) >= 11 is 0. The molecule has 0 aliphatic heterocycles. The number of hydrogen-bond acceptors (Lipinski definition) is 1. The van der Waals surface area contributed by atoms with Gasteiger partial charge in [0.15, 0.2) is 0 Å². The van der Waals surface area contributed by atoms with Crippen LogP contribution >= 0.6 is 0 Å². The minimum atomic E-state index is -9.42. The molecule has 0 bridgehead atoms. The molecule has 0 aliphatic rings. The van der Waals surface area contributed by atoms with Crippen LogP contribution in [0.1, 0.15) is 0 Å². The van der Waals surface area contributed by atoms with Gasteiger partial charge in [-0.3, -0.25) is 0 Å². The molecule has 0 radical (unpaired) electrons. The van der Waals surface area contributed by atoms with Crippen molar-refractivity contribution in [3.8, 4) is 0 Å². The van der Waals surface area contributed by atoms with Gasteiger partial charge in [0.05, 0.1) is 0 Å². The van der Waals surface area contributed by atoms with Crippen molar-refractivity contribution in [1.82, 2.24) is 0 Å². The summed E-state index contributed by atoms with van der Waals surface area (Å²) in [6.45, 7) is 0. The first-order chi connectivity index (χ1) is 15.7. The van der Waals surface area contributed by atoms with Crippen LogP contribution in [0.25, 0.3) is 0 Å². The maximum absolute atomic E-state index is 13.4. The first kappa shape index (κ1) is 35.3. The Balaban J connectivity index is 7.17. The van der Waals surface area contributed by atoms with E-state index >= 15 is 0 Å². The summed E-state index contributed by atoms with van der Waals surface area (Å²) in [6.07, 6.45) is -12.1. The van der Waals surface area contributed by atoms with Gasteiger partial charge in [-0.1, -0.05) is 0 Å². The topological polar surface area (TPSA) is 9.23 Å². The van der Waals surface area contributed by atoms with Gasteiger partial charge < -0.3 is 0 Å². The van der Waals surface area contributed by atoms with E-state index in [-0.39, 0.29) is 0 Å². The molecule has 0 aliphatic carbocycles. The third-order valence-corrected chi connectivity index (χ3v) is 4.23. The van der Waals surface area contributed by atoms with E-state index in [9.17, 15) is 106 Å². The van der Waals surface area contributed by atoms with Crippen LogP contribution in [0.15, 0.2) is 0 Å². The Morgan fingerprint density at radius 1 is 0.324 bits per heavy atom. The van der Waals surface area contributed by atoms with E-state index in [1.165, 1.54) is 4.94 Å². The van der Waals surface area contributed by atoms with Crippen LogP contribution in [0.5, 0.6) is 0 Å². The summed E-state index contributed by atoms with van der Waals surface area (Å²) in [4.78, 5) is 1.20. The molecule has 0 fully saturated rings. The van der Waals surface area contributed by atoms with Crippen molar-refractivity contribution in [3.05, 3.63) is 0 Å². The van der Waals surface area contributed by atoms with E-state index in [2.05, 4.69) is 0 Å². The molecule has 224 valence electrons. The van der Waals surface area contributed by atoms with Crippen LogP contribution in [0.3, 0.4) is 0 Å². The third kappa shape index (κ3) is 4.11. The summed E-state index contributed by atoms with van der Waals surface area (Å²) in [7, 11) is 0. The molecule has 1 unspecified atom stereocenters. The van der Waals surface area contributed by atoms with E-state index < -0.39 is 72.0 Å². The summed E-state index contributed by atoms with van der Waals surface area (Å²) in [5.41, 5.74) is 0. The highest BCUT2D eigenvalue weighted by Crippen LogP contribution is 2.66. The molecule has 0 saturated carbocycles. The van der Waals surface area contributed by atoms with Crippen LogP contribution < -0.4 is 0 Å². The van der Waals surface area contributed by atoms with Gasteiger partial charge in [0, 0.05) is 0 Å². The fourth-order valence-electron chi connectivity index (χ4n) is 1.94. The SMILES string of the molecule is FOC(F)C(F)(F)C(F)(F)C(F)(F)C(F)(F)C(F)(F)C(F)(F)C(F)(F)C(F)(F)C(F)(F)C(F)(F)C(F)F. The average Bonchev–Trinajstić information content (AvgIpc) is 2.71. The molecular formula is C12H2F24O. The van der Waals surface area contributed by atoms with Crippen LogP contribution in [0.4, 0.5) is 106 Å². The number of rotatable bonds is 12. The lowest BCUT2D eigenvalue weighted by atomic mass is 9.85. The zero-order valence-electron chi connectivity index (χ0n) is 15.6. The number of hydrogen-bond donors (Lipinski definition) is 0. The lowest BCUT2D eigenvalue weighted by Gasteiger charge is -2.45. The Morgan fingerprint density at radius 3 is 0.703 bits per heavy atom. The predicted molar refractivity (Wildman–Crippen MR) is 62.6 cm³/mol. The summed E-state index contributed by atoms with van der Waals surface area (Å²) in [6, 6.07) is 0. The Kier molecular flexibility index (Phi) is 8.50. The molecule has 0 heterocycles.